The SMILES string of the molecule is Cc1nc(-c2ccccc2OCC(=O)Nc2ccc(Cl)cc2)no1. The molecule has 2 aromatic carbocycles. The number of anilines is 1. The van der Waals surface area contributed by atoms with Crippen LogP contribution in [0.2, 0.25) is 5.02 Å². The van der Waals surface area contributed by atoms with E-state index < -0.39 is 0 Å². The minimum absolute atomic E-state index is 0.142. The number of ether oxygens (including phenoxy) is 1. The quantitative estimate of drug-likeness (QED) is 0.764. The molecule has 1 heterocycles. The van der Waals surface area contributed by atoms with Gasteiger partial charge in [0.1, 0.15) is 5.75 Å². The van der Waals surface area contributed by atoms with Crippen molar-refractivity contribution >= 4 is 23.2 Å². The molecular weight excluding hydrogens is 330 g/mol. The summed E-state index contributed by atoms with van der Waals surface area (Å²) in [6.45, 7) is 1.57. The minimum Gasteiger partial charge on any atom is -0.483 e. The van der Waals surface area contributed by atoms with Gasteiger partial charge in [0.05, 0.1) is 5.56 Å². The molecule has 0 atom stereocenters. The summed E-state index contributed by atoms with van der Waals surface area (Å²) in [6, 6.07) is 14.0. The van der Waals surface area contributed by atoms with Gasteiger partial charge < -0.3 is 14.6 Å². The van der Waals surface area contributed by atoms with E-state index in [0.29, 0.717) is 33.7 Å². The molecule has 1 amide bonds. The largest absolute Gasteiger partial charge is 0.483 e. The number of para-hydroxylation sites is 1. The first kappa shape index (κ1) is 16.0. The van der Waals surface area contributed by atoms with Crippen LogP contribution >= 0.6 is 11.6 Å². The van der Waals surface area contributed by atoms with Gasteiger partial charge in [0.2, 0.25) is 11.7 Å². The van der Waals surface area contributed by atoms with Crippen LogP contribution in [0, 0.1) is 6.92 Å². The third-order valence-corrected chi connectivity index (χ3v) is 3.39. The molecule has 0 spiro atoms. The Kier molecular flexibility index (Phi) is 4.77. The van der Waals surface area contributed by atoms with Crippen molar-refractivity contribution in [2.24, 2.45) is 0 Å². The van der Waals surface area contributed by atoms with E-state index in [1.165, 1.54) is 0 Å². The number of hydrogen-bond acceptors (Lipinski definition) is 5. The number of hydrogen-bond donors (Lipinski definition) is 1. The monoisotopic (exact) mass is 343 g/mol. The predicted molar refractivity (Wildman–Crippen MR) is 90.0 cm³/mol. The van der Waals surface area contributed by atoms with E-state index in [-0.39, 0.29) is 12.5 Å². The summed E-state index contributed by atoms with van der Waals surface area (Å²) in [5, 5.41) is 7.21. The van der Waals surface area contributed by atoms with Gasteiger partial charge in [0.15, 0.2) is 6.61 Å². The first-order valence-electron chi connectivity index (χ1n) is 7.20. The number of nitrogens with zero attached hydrogens (tertiary/aromatic N) is 2. The Morgan fingerprint density at radius 1 is 1.21 bits per heavy atom. The molecule has 24 heavy (non-hydrogen) atoms. The second kappa shape index (κ2) is 7.14. The van der Waals surface area contributed by atoms with Gasteiger partial charge in [0.25, 0.3) is 5.91 Å². The molecular formula is C17H14ClN3O3. The smallest absolute Gasteiger partial charge is 0.262 e. The summed E-state index contributed by atoms with van der Waals surface area (Å²) in [5.74, 6) is 1.10. The third-order valence-electron chi connectivity index (χ3n) is 3.14. The van der Waals surface area contributed by atoms with Gasteiger partial charge in [-0.1, -0.05) is 28.9 Å². The second-order valence-corrected chi connectivity index (χ2v) is 5.41. The number of benzene rings is 2. The number of carbonyl (C=O) groups excluding carboxylic acids is 1. The normalized spacial score (nSPS) is 10.4. The summed E-state index contributed by atoms with van der Waals surface area (Å²) in [5.41, 5.74) is 1.31. The standard InChI is InChI=1S/C17H14ClN3O3/c1-11-19-17(21-24-11)14-4-2-3-5-15(14)23-10-16(22)20-13-8-6-12(18)7-9-13/h2-9H,10H2,1H3,(H,20,22). The lowest BCUT2D eigenvalue weighted by Gasteiger charge is -2.10. The molecule has 0 saturated heterocycles. The molecule has 0 aliphatic carbocycles. The lowest BCUT2D eigenvalue weighted by Crippen LogP contribution is -2.20. The van der Waals surface area contributed by atoms with Crippen LogP contribution in [0.25, 0.3) is 11.4 Å². The summed E-state index contributed by atoms with van der Waals surface area (Å²) < 4.78 is 10.6. The van der Waals surface area contributed by atoms with Crippen molar-refractivity contribution in [3.05, 3.63) is 59.4 Å². The fraction of sp³-hybridized carbons (Fsp3) is 0.118. The van der Waals surface area contributed by atoms with Gasteiger partial charge in [-0.3, -0.25) is 4.79 Å². The summed E-state index contributed by atoms with van der Waals surface area (Å²) in [7, 11) is 0. The highest BCUT2D eigenvalue weighted by atomic mass is 35.5. The Labute approximate surface area is 143 Å². The zero-order valence-corrected chi connectivity index (χ0v) is 13.6. The molecule has 6 nitrogen and oxygen atoms in total. The fourth-order valence-electron chi connectivity index (χ4n) is 2.06. The van der Waals surface area contributed by atoms with Crippen LogP contribution in [0.1, 0.15) is 5.89 Å². The molecule has 0 aliphatic rings. The predicted octanol–water partition coefficient (Wildman–Crippen LogP) is 3.72. The molecule has 0 saturated carbocycles. The van der Waals surface area contributed by atoms with Crippen molar-refractivity contribution < 1.29 is 14.1 Å². The number of carbonyl (C=O) groups is 1. The lowest BCUT2D eigenvalue weighted by atomic mass is 10.2. The van der Waals surface area contributed by atoms with Crippen molar-refractivity contribution in [2.45, 2.75) is 6.92 Å². The molecule has 0 radical (unpaired) electrons. The molecule has 3 rings (SSSR count). The number of halogens is 1. The Hall–Kier alpha value is -2.86. The Balaban J connectivity index is 1.66. The van der Waals surface area contributed by atoms with Crippen LogP contribution < -0.4 is 10.1 Å². The molecule has 1 aromatic heterocycles. The van der Waals surface area contributed by atoms with Crippen LogP contribution in [0.4, 0.5) is 5.69 Å². The van der Waals surface area contributed by atoms with E-state index in [1.807, 2.05) is 12.1 Å². The zero-order chi connectivity index (χ0) is 16.9. The Morgan fingerprint density at radius 3 is 2.67 bits per heavy atom. The zero-order valence-electron chi connectivity index (χ0n) is 12.8. The Morgan fingerprint density at radius 2 is 1.96 bits per heavy atom. The van der Waals surface area contributed by atoms with Gasteiger partial charge in [-0.2, -0.15) is 4.98 Å². The van der Waals surface area contributed by atoms with Crippen LogP contribution in [-0.4, -0.2) is 22.7 Å². The molecule has 0 unspecified atom stereocenters. The average Bonchev–Trinajstić information content (AvgIpc) is 3.02. The topological polar surface area (TPSA) is 77.2 Å². The van der Waals surface area contributed by atoms with Crippen molar-refractivity contribution in [3.8, 4) is 17.1 Å². The average molecular weight is 344 g/mol. The molecule has 0 fully saturated rings. The van der Waals surface area contributed by atoms with Gasteiger partial charge in [-0.25, -0.2) is 0 Å². The van der Waals surface area contributed by atoms with Gasteiger partial charge in [-0.05, 0) is 36.4 Å². The van der Waals surface area contributed by atoms with Crippen LogP contribution in [0.15, 0.2) is 53.1 Å². The maximum absolute atomic E-state index is 12.0. The summed E-state index contributed by atoms with van der Waals surface area (Å²) >= 11 is 5.81. The maximum atomic E-state index is 12.0. The highest BCUT2D eigenvalue weighted by Gasteiger charge is 2.13. The minimum atomic E-state index is -0.281. The maximum Gasteiger partial charge on any atom is 0.262 e. The number of amides is 1. The van der Waals surface area contributed by atoms with Gasteiger partial charge in [0, 0.05) is 17.6 Å². The van der Waals surface area contributed by atoms with Crippen LogP contribution in [-0.2, 0) is 4.79 Å². The molecule has 122 valence electrons. The molecule has 3 aromatic rings. The number of rotatable bonds is 5. The summed E-state index contributed by atoms with van der Waals surface area (Å²) in [6.07, 6.45) is 0. The van der Waals surface area contributed by atoms with E-state index in [9.17, 15) is 4.79 Å². The lowest BCUT2D eigenvalue weighted by molar-refractivity contribution is -0.118. The van der Waals surface area contributed by atoms with Crippen LogP contribution in [0.5, 0.6) is 5.75 Å². The van der Waals surface area contributed by atoms with E-state index in [1.54, 1.807) is 43.3 Å². The first-order valence-corrected chi connectivity index (χ1v) is 7.57. The molecule has 1 N–H and O–H groups in total. The van der Waals surface area contributed by atoms with Crippen molar-refractivity contribution in [3.63, 3.8) is 0 Å². The number of aryl methyl sites for hydroxylation is 1. The highest BCUT2D eigenvalue weighted by molar-refractivity contribution is 6.30. The second-order valence-electron chi connectivity index (χ2n) is 4.98. The first-order chi connectivity index (χ1) is 11.6. The van der Waals surface area contributed by atoms with Crippen molar-refractivity contribution in [2.75, 3.05) is 11.9 Å². The molecule has 7 heteroatoms. The van der Waals surface area contributed by atoms with Gasteiger partial charge >= 0.3 is 0 Å². The van der Waals surface area contributed by atoms with E-state index in [2.05, 4.69) is 15.5 Å². The van der Waals surface area contributed by atoms with E-state index in [0.717, 1.165) is 0 Å². The summed E-state index contributed by atoms with van der Waals surface area (Å²) in [4.78, 5) is 16.2. The van der Waals surface area contributed by atoms with Crippen molar-refractivity contribution in [1.82, 2.24) is 10.1 Å². The third kappa shape index (κ3) is 3.91. The fourth-order valence-corrected chi connectivity index (χ4v) is 2.19. The van der Waals surface area contributed by atoms with Gasteiger partial charge in [-0.15, -0.1) is 0 Å². The number of aromatic nitrogens is 2. The molecule has 0 aliphatic heterocycles. The highest BCUT2D eigenvalue weighted by Crippen LogP contribution is 2.27. The van der Waals surface area contributed by atoms with E-state index >= 15 is 0 Å². The van der Waals surface area contributed by atoms with Crippen molar-refractivity contribution in [1.29, 1.82) is 0 Å². The molecule has 0 bridgehead atoms. The van der Waals surface area contributed by atoms with Crippen LogP contribution in [0.3, 0.4) is 0 Å². The van der Waals surface area contributed by atoms with E-state index in [4.69, 9.17) is 20.9 Å². The number of nitrogens with one attached hydrogen (secondary N) is 1. The Bertz CT molecular complexity index is 846.